The summed E-state index contributed by atoms with van der Waals surface area (Å²) in [5.74, 6) is -0.418. The molecule has 0 saturated heterocycles. The lowest BCUT2D eigenvalue weighted by molar-refractivity contribution is -0.161. The van der Waals surface area contributed by atoms with Gasteiger partial charge >= 0.3 is 27.6 Å². The fourth-order valence-electron chi connectivity index (χ4n) is 5.73. The van der Waals surface area contributed by atoms with Crippen LogP contribution in [-0.4, -0.2) is 92.8 Å². The van der Waals surface area contributed by atoms with E-state index in [2.05, 4.69) is 22.9 Å². The molecular weight excluding hydrogens is 854 g/mol. The van der Waals surface area contributed by atoms with Crippen LogP contribution in [0.1, 0.15) is 149 Å². The zero-order valence-electron chi connectivity index (χ0n) is 38.0. The van der Waals surface area contributed by atoms with E-state index in [1.54, 1.807) is 42.5 Å². The van der Waals surface area contributed by atoms with Gasteiger partial charge in [-0.3, -0.25) is 23.2 Å². The normalized spacial score (nSPS) is 15.7. The molecule has 6 N–H and O–H groups in total. The Hall–Kier alpha value is -2.52. The Balaban J connectivity index is 4.73. The van der Waals surface area contributed by atoms with Crippen molar-refractivity contribution in [3.8, 4) is 0 Å². The number of hydrogen-bond donors (Lipinski definition) is 6. The molecule has 0 amide bonds. The number of allylic oxidation sites excluding steroid dienone is 8. The van der Waals surface area contributed by atoms with E-state index >= 15 is 0 Å². The van der Waals surface area contributed by atoms with Crippen LogP contribution >= 0.6 is 15.6 Å². The SMILES string of the molecule is CC/C=C\C[C@H](O)/C=C/C=C\C=C\[C@H](O)C/C=C\C/C=C\CCC(=O)O[C@H](COC(=O)CCCCCCCCCCCCCCC(C)C)COP(=O)(O)OC[C@@H](O)COP(=O)(O)O. The van der Waals surface area contributed by atoms with Crippen molar-refractivity contribution in [1.29, 1.82) is 0 Å². The number of phosphoric ester groups is 2. The van der Waals surface area contributed by atoms with Crippen LogP contribution in [0.3, 0.4) is 0 Å². The first-order valence-electron chi connectivity index (χ1n) is 22.7. The van der Waals surface area contributed by atoms with Crippen molar-refractivity contribution in [3.63, 3.8) is 0 Å². The molecule has 63 heavy (non-hydrogen) atoms. The van der Waals surface area contributed by atoms with Gasteiger partial charge in [0, 0.05) is 12.8 Å². The summed E-state index contributed by atoms with van der Waals surface area (Å²) in [7, 11) is -9.75. The van der Waals surface area contributed by atoms with E-state index < -0.39 is 78.4 Å². The molecule has 0 heterocycles. The first-order chi connectivity index (χ1) is 30.0. The molecule has 364 valence electrons. The van der Waals surface area contributed by atoms with Gasteiger partial charge in [0.1, 0.15) is 12.7 Å². The Morgan fingerprint density at radius 2 is 1.08 bits per heavy atom. The number of ether oxygens (including phenoxy) is 2. The smallest absolute Gasteiger partial charge is 0.462 e. The second-order valence-electron chi connectivity index (χ2n) is 15.8. The lowest BCUT2D eigenvalue weighted by atomic mass is 10.0. The van der Waals surface area contributed by atoms with E-state index in [0.717, 1.165) is 31.6 Å². The topological polar surface area (TPSA) is 236 Å². The van der Waals surface area contributed by atoms with Gasteiger partial charge in [-0.2, -0.15) is 0 Å². The first kappa shape index (κ1) is 60.5. The molecule has 0 saturated carbocycles. The van der Waals surface area contributed by atoms with Gasteiger partial charge in [-0.15, -0.1) is 0 Å². The van der Waals surface area contributed by atoms with Gasteiger partial charge in [0.05, 0.1) is 32.0 Å². The average molecular weight is 935 g/mol. The largest absolute Gasteiger partial charge is 0.472 e. The third kappa shape index (κ3) is 44.5. The highest BCUT2D eigenvalue weighted by Crippen LogP contribution is 2.43. The first-order valence-corrected chi connectivity index (χ1v) is 25.7. The highest BCUT2D eigenvalue weighted by molar-refractivity contribution is 7.47. The summed E-state index contributed by atoms with van der Waals surface area (Å²) in [6.45, 7) is 3.67. The molecule has 0 aromatic carbocycles. The Bertz CT molecular complexity index is 1440. The van der Waals surface area contributed by atoms with Gasteiger partial charge in [-0.05, 0) is 44.4 Å². The van der Waals surface area contributed by atoms with E-state index in [9.17, 15) is 38.9 Å². The minimum absolute atomic E-state index is 0.0523. The highest BCUT2D eigenvalue weighted by Gasteiger charge is 2.28. The number of hydrogen-bond acceptors (Lipinski definition) is 12. The molecule has 5 atom stereocenters. The third-order valence-electron chi connectivity index (χ3n) is 9.21. The second-order valence-corrected chi connectivity index (χ2v) is 18.5. The minimum Gasteiger partial charge on any atom is -0.462 e. The van der Waals surface area contributed by atoms with Gasteiger partial charge < -0.3 is 39.5 Å². The molecule has 0 aliphatic heterocycles. The van der Waals surface area contributed by atoms with E-state index in [1.807, 2.05) is 37.3 Å². The van der Waals surface area contributed by atoms with Crippen molar-refractivity contribution < 1.29 is 71.8 Å². The number of rotatable bonds is 41. The Kier molecular flexibility index (Phi) is 38.2. The Morgan fingerprint density at radius 3 is 1.63 bits per heavy atom. The van der Waals surface area contributed by atoms with Crippen LogP contribution in [0.15, 0.2) is 72.9 Å². The molecule has 0 aromatic heterocycles. The summed E-state index contributed by atoms with van der Waals surface area (Å²) in [5, 5.41) is 29.7. The molecule has 17 heteroatoms. The van der Waals surface area contributed by atoms with Crippen LogP contribution in [-0.2, 0) is 41.8 Å². The van der Waals surface area contributed by atoms with Crippen molar-refractivity contribution >= 4 is 27.6 Å². The van der Waals surface area contributed by atoms with Crippen molar-refractivity contribution in [2.75, 3.05) is 26.4 Å². The minimum atomic E-state index is -4.89. The summed E-state index contributed by atoms with van der Waals surface area (Å²) < 4.78 is 47.7. The molecular formula is C46H80O15P2. The number of aliphatic hydroxyl groups excluding tert-OH is 3. The lowest BCUT2D eigenvalue weighted by Crippen LogP contribution is -2.29. The van der Waals surface area contributed by atoms with Crippen molar-refractivity contribution in [1.82, 2.24) is 0 Å². The van der Waals surface area contributed by atoms with Crippen LogP contribution < -0.4 is 0 Å². The van der Waals surface area contributed by atoms with Crippen molar-refractivity contribution in [3.05, 3.63) is 72.9 Å². The summed E-state index contributed by atoms with van der Waals surface area (Å²) >= 11 is 0. The molecule has 0 aliphatic rings. The van der Waals surface area contributed by atoms with Gasteiger partial charge in [-0.25, -0.2) is 9.13 Å². The van der Waals surface area contributed by atoms with Crippen molar-refractivity contribution in [2.24, 2.45) is 5.92 Å². The van der Waals surface area contributed by atoms with Crippen LogP contribution in [0, 0.1) is 5.92 Å². The lowest BCUT2D eigenvalue weighted by Gasteiger charge is -2.20. The van der Waals surface area contributed by atoms with Crippen LogP contribution in [0.25, 0.3) is 0 Å². The zero-order chi connectivity index (χ0) is 47.0. The van der Waals surface area contributed by atoms with E-state index in [-0.39, 0.29) is 12.8 Å². The number of carbonyl (C=O) groups is 2. The summed E-state index contributed by atoms with van der Waals surface area (Å²) in [5.41, 5.74) is 0. The number of unbranched alkanes of at least 4 members (excludes halogenated alkanes) is 11. The molecule has 0 aliphatic carbocycles. The second kappa shape index (κ2) is 39.8. The molecule has 1 unspecified atom stereocenters. The number of carbonyl (C=O) groups excluding carboxylic acids is 2. The predicted octanol–water partition coefficient (Wildman–Crippen LogP) is 9.58. The summed E-state index contributed by atoms with van der Waals surface area (Å²) in [4.78, 5) is 52.7. The van der Waals surface area contributed by atoms with Crippen molar-refractivity contribution in [2.45, 2.75) is 174 Å². The van der Waals surface area contributed by atoms with Gasteiger partial charge in [-0.1, -0.05) is 171 Å². The molecule has 0 fully saturated rings. The molecule has 0 bridgehead atoms. The highest BCUT2D eigenvalue weighted by atomic mass is 31.2. The number of esters is 2. The van der Waals surface area contributed by atoms with E-state index in [4.69, 9.17) is 23.8 Å². The zero-order valence-corrected chi connectivity index (χ0v) is 39.8. The molecule has 0 radical (unpaired) electrons. The number of aliphatic hydroxyl groups is 3. The maximum atomic E-state index is 12.7. The molecule has 15 nitrogen and oxygen atoms in total. The van der Waals surface area contributed by atoms with Gasteiger partial charge in [0.25, 0.3) is 0 Å². The van der Waals surface area contributed by atoms with Crippen LogP contribution in [0.5, 0.6) is 0 Å². The predicted molar refractivity (Wildman–Crippen MR) is 246 cm³/mol. The maximum Gasteiger partial charge on any atom is 0.472 e. The Labute approximate surface area is 377 Å². The molecule has 0 rings (SSSR count). The Morgan fingerprint density at radius 1 is 0.571 bits per heavy atom. The van der Waals surface area contributed by atoms with Crippen LogP contribution in [0.2, 0.25) is 0 Å². The maximum absolute atomic E-state index is 12.7. The number of phosphoric acid groups is 2. The molecule has 0 aromatic rings. The summed E-state index contributed by atoms with van der Waals surface area (Å²) in [6.07, 6.45) is 35.5. The van der Waals surface area contributed by atoms with E-state index in [1.165, 1.54) is 57.8 Å². The average Bonchev–Trinajstić information content (AvgIpc) is 3.22. The summed E-state index contributed by atoms with van der Waals surface area (Å²) in [6, 6.07) is 0. The van der Waals surface area contributed by atoms with Gasteiger partial charge in [0.2, 0.25) is 0 Å². The molecule has 0 spiro atoms. The van der Waals surface area contributed by atoms with E-state index in [0.29, 0.717) is 32.1 Å². The van der Waals surface area contributed by atoms with Gasteiger partial charge in [0.15, 0.2) is 6.10 Å². The fraction of sp³-hybridized carbons (Fsp3) is 0.696. The monoisotopic (exact) mass is 934 g/mol. The van der Waals surface area contributed by atoms with Crippen LogP contribution in [0.4, 0.5) is 0 Å². The quantitative estimate of drug-likeness (QED) is 0.0110. The fourth-order valence-corrected chi connectivity index (χ4v) is 6.89. The third-order valence-corrected chi connectivity index (χ3v) is 10.6. The standard InChI is InChI=1S/C46H80O15P2/c1-4-5-22-30-41(47)32-25-20-21-26-33-42(48)31-24-17-14-15-19-28-35-46(51)61-44(39-60-63(55,56)59-37-43(49)36-58-62(52,53)54)38-57-45(50)34-27-18-13-11-9-7-6-8-10-12-16-23-29-40(2)3/h5,15,17,19-22,24-26,32-33,40-44,47-49H,4,6-14,16,18,23,27-31,34-39H2,1-3H3,(H,55,56)(H2,52,53,54)/b19-15-,21-20-,22-5-,24-17-,32-25+,33-26+/t41-,42+,43-,44+/m0/s1.